The maximum atomic E-state index is 12.4. The fraction of sp³-hybridized carbons (Fsp3) is 0.316. The number of hydrogen-bond donors (Lipinski definition) is 1. The molecule has 1 fully saturated rings. The van der Waals surface area contributed by atoms with E-state index in [1.807, 2.05) is 24.3 Å². The minimum Gasteiger partial charge on any atom is -0.493 e. The lowest BCUT2D eigenvalue weighted by Crippen LogP contribution is -2.18. The number of benzene rings is 2. The van der Waals surface area contributed by atoms with Crippen molar-refractivity contribution in [3.8, 4) is 11.5 Å². The standard InChI is InChI=1S/C19H21NO3/c1-12-5-4-6-13(9-12)15-11-20-19(21)18(15)14-7-8-16(22-2)17(10-14)23-3/h4-10,15,18H,11H2,1-3H3,(H,20,21)/t15-,18-/m1/s1. The van der Waals surface area contributed by atoms with Gasteiger partial charge in [-0.05, 0) is 30.2 Å². The molecule has 0 saturated carbocycles. The zero-order valence-corrected chi connectivity index (χ0v) is 13.6. The van der Waals surface area contributed by atoms with Crippen LogP contribution in [0, 0.1) is 6.92 Å². The van der Waals surface area contributed by atoms with Crippen LogP contribution < -0.4 is 14.8 Å². The third-order valence-corrected chi connectivity index (χ3v) is 4.42. The molecule has 0 aromatic heterocycles. The van der Waals surface area contributed by atoms with E-state index in [4.69, 9.17) is 9.47 Å². The average molecular weight is 311 g/mol. The summed E-state index contributed by atoms with van der Waals surface area (Å²) in [5.41, 5.74) is 3.33. The van der Waals surface area contributed by atoms with Gasteiger partial charge in [0.2, 0.25) is 5.91 Å². The van der Waals surface area contributed by atoms with Crippen molar-refractivity contribution in [2.24, 2.45) is 0 Å². The zero-order valence-electron chi connectivity index (χ0n) is 13.6. The summed E-state index contributed by atoms with van der Waals surface area (Å²) in [7, 11) is 3.21. The van der Waals surface area contributed by atoms with Crippen molar-refractivity contribution < 1.29 is 14.3 Å². The van der Waals surface area contributed by atoms with Gasteiger partial charge in [0.1, 0.15) is 0 Å². The third-order valence-electron chi connectivity index (χ3n) is 4.42. The van der Waals surface area contributed by atoms with Gasteiger partial charge in [0, 0.05) is 12.5 Å². The van der Waals surface area contributed by atoms with Gasteiger partial charge in [-0.15, -0.1) is 0 Å². The van der Waals surface area contributed by atoms with Crippen molar-refractivity contribution in [1.29, 1.82) is 0 Å². The SMILES string of the molecule is COc1ccc([C@H]2C(=O)NC[C@@H]2c2cccc(C)c2)cc1OC. The van der Waals surface area contributed by atoms with Crippen LogP contribution in [0.3, 0.4) is 0 Å². The van der Waals surface area contributed by atoms with Gasteiger partial charge in [0.05, 0.1) is 20.1 Å². The molecular formula is C19H21NO3. The fourth-order valence-electron chi connectivity index (χ4n) is 3.26. The first-order chi connectivity index (χ1) is 11.1. The Morgan fingerprint density at radius 3 is 2.48 bits per heavy atom. The van der Waals surface area contributed by atoms with E-state index < -0.39 is 0 Å². The molecule has 1 heterocycles. The van der Waals surface area contributed by atoms with Gasteiger partial charge in [0.15, 0.2) is 11.5 Å². The Kier molecular flexibility index (Phi) is 4.24. The van der Waals surface area contributed by atoms with Gasteiger partial charge in [-0.1, -0.05) is 35.9 Å². The van der Waals surface area contributed by atoms with E-state index >= 15 is 0 Å². The van der Waals surface area contributed by atoms with E-state index in [-0.39, 0.29) is 17.7 Å². The van der Waals surface area contributed by atoms with Gasteiger partial charge in [-0.2, -0.15) is 0 Å². The number of aryl methyl sites for hydroxylation is 1. The van der Waals surface area contributed by atoms with Crippen molar-refractivity contribution in [1.82, 2.24) is 5.32 Å². The molecule has 23 heavy (non-hydrogen) atoms. The van der Waals surface area contributed by atoms with E-state index in [1.54, 1.807) is 14.2 Å². The molecule has 120 valence electrons. The molecule has 1 N–H and O–H groups in total. The highest BCUT2D eigenvalue weighted by molar-refractivity contribution is 5.87. The Balaban J connectivity index is 2.00. The number of nitrogens with one attached hydrogen (secondary N) is 1. The highest BCUT2D eigenvalue weighted by Gasteiger charge is 2.37. The maximum Gasteiger partial charge on any atom is 0.228 e. The van der Waals surface area contributed by atoms with Crippen molar-refractivity contribution >= 4 is 5.91 Å². The normalized spacial score (nSPS) is 20.2. The van der Waals surface area contributed by atoms with E-state index in [1.165, 1.54) is 11.1 Å². The van der Waals surface area contributed by atoms with Gasteiger partial charge >= 0.3 is 0 Å². The summed E-state index contributed by atoms with van der Waals surface area (Å²) in [6.07, 6.45) is 0. The molecule has 2 aromatic carbocycles. The van der Waals surface area contributed by atoms with Crippen LogP contribution in [0.2, 0.25) is 0 Å². The topological polar surface area (TPSA) is 47.6 Å². The van der Waals surface area contributed by atoms with Gasteiger partial charge in [-0.3, -0.25) is 4.79 Å². The molecule has 0 spiro atoms. The van der Waals surface area contributed by atoms with Crippen molar-refractivity contribution in [2.75, 3.05) is 20.8 Å². The van der Waals surface area contributed by atoms with Crippen LogP contribution in [-0.4, -0.2) is 26.7 Å². The van der Waals surface area contributed by atoms with Gasteiger partial charge in [-0.25, -0.2) is 0 Å². The maximum absolute atomic E-state index is 12.4. The first-order valence-electron chi connectivity index (χ1n) is 7.70. The minimum absolute atomic E-state index is 0.0590. The molecule has 0 aliphatic carbocycles. The monoisotopic (exact) mass is 311 g/mol. The number of hydrogen-bond acceptors (Lipinski definition) is 3. The summed E-state index contributed by atoms with van der Waals surface area (Å²) in [6, 6.07) is 14.0. The Hall–Kier alpha value is -2.49. The molecule has 0 radical (unpaired) electrons. The molecule has 4 nitrogen and oxygen atoms in total. The summed E-state index contributed by atoms with van der Waals surface area (Å²) < 4.78 is 10.7. The Morgan fingerprint density at radius 2 is 1.78 bits per heavy atom. The van der Waals surface area contributed by atoms with Gasteiger partial charge < -0.3 is 14.8 Å². The van der Waals surface area contributed by atoms with Crippen LogP contribution >= 0.6 is 0 Å². The summed E-state index contributed by atoms with van der Waals surface area (Å²) >= 11 is 0. The van der Waals surface area contributed by atoms with E-state index in [9.17, 15) is 4.79 Å². The Morgan fingerprint density at radius 1 is 1.00 bits per heavy atom. The molecule has 0 unspecified atom stereocenters. The summed E-state index contributed by atoms with van der Waals surface area (Å²) in [4.78, 5) is 12.4. The molecule has 1 aliphatic heterocycles. The minimum atomic E-state index is -0.211. The second-order valence-electron chi connectivity index (χ2n) is 5.86. The molecule has 1 amide bonds. The first kappa shape index (κ1) is 15.4. The highest BCUT2D eigenvalue weighted by atomic mass is 16.5. The molecule has 2 aromatic rings. The van der Waals surface area contributed by atoms with Crippen LogP contribution in [0.25, 0.3) is 0 Å². The molecular weight excluding hydrogens is 290 g/mol. The van der Waals surface area contributed by atoms with Crippen molar-refractivity contribution in [3.05, 3.63) is 59.2 Å². The second kappa shape index (κ2) is 6.32. The summed E-state index contributed by atoms with van der Waals surface area (Å²) in [6.45, 7) is 2.72. The molecule has 4 heteroatoms. The average Bonchev–Trinajstić information content (AvgIpc) is 2.96. The fourth-order valence-corrected chi connectivity index (χ4v) is 3.26. The number of ether oxygens (including phenoxy) is 2. The number of methoxy groups -OCH3 is 2. The van der Waals surface area contributed by atoms with Crippen LogP contribution in [0.1, 0.15) is 28.5 Å². The van der Waals surface area contributed by atoms with Crippen LogP contribution in [-0.2, 0) is 4.79 Å². The molecule has 0 bridgehead atoms. The Labute approximate surface area is 136 Å². The molecule has 1 saturated heterocycles. The van der Waals surface area contributed by atoms with Crippen molar-refractivity contribution in [2.45, 2.75) is 18.8 Å². The quantitative estimate of drug-likeness (QED) is 0.944. The predicted octanol–water partition coefficient (Wildman–Crippen LogP) is 3.01. The predicted molar refractivity (Wildman–Crippen MR) is 89.2 cm³/mol. The Bertz CT molecular complexity index is 726. The number of amides is 1. The smallest absolute Gasteiger partial charge is 0.228 e. The zero-order chi connectivity index (χ0) is 16.4. The van der Waals surface area contributed by atoms with Crippen molar-refractivity contribution in [3.63, 3.8) is 0 Å². The van der Waals surface area contributed by atoms with E-state index in [0.717, 1.165) is 5.56 Å². The molecule has 1 aliphatic rings. The molecule has 3 rings (SSSR count). The first-order valence-corrected chi connectivity index (χ1v) is 7.70. The third kappa shape index (κ3) is 2.89. The van der Waals surface area contributed by atoms with E-state index in [0.29, 0.717) is 18.0 Å². The highest BCUT2D eigenvalue weighted by Crippen LogP contribution is 2.40. The van der Waals surface area contributed by atoms with Crippen LogP contribution in [0.5, 0.6) is 11.5 Å². The lowest BCUT2D eigenvalue weighted by molar-refractivity contribution is -0.120. The van der Waals surface area contributed by atoms with Crippen LogP contribution in [0.15, 0.2) is 42.5 Å². The summed E-state index contributed by atoms with van der Waals surface area (Å²) in [5.74, 6) is 1.29. The molecule has 2 atom stereocenters. The number of rotatable bonds is 4. The lowest BCUT2D eigenvalue weighted by atomic mass is 9.83. The largest absolute Gasteiger partial charge is 0.493 e. The number of carbonyl (C=O) groups excluding carboxylic acids is 1. The van der Waals surface area contributed by atoms with Crippen LogP contribution in [0.4, 0.5) is 0 Å². The van der Waals surface area contributed by atoms with E-state index in [2.05, 4.69) is 30.4 Å². The second-order valence-corrected chi connectivity index (χ2v) is 5.86. The summed E-state index contributed by atoms with van der Waals surface area (Å²) in [5, 5.41) is 2.99. The lowest BCUT2D eigenvalue weighted by Gasteiger charge is -2.19. The van der Waals surface area contributed by atoms with Gasteiger partial charge in [0.25, 0.3) is 0 Å². The number of carbonyl (C=O) groups is 1.